The molecule has 1 aliphatic carbocycles. The number of nitrogens with one attached hydrogen (secondary N) is 1. The topological polar surface area (TPSA) is 142 Å². The molecule has 3 aromatic carbocycles. The number of amides is 1. The lowest BCUT2D eigenvalue weighted by Gasteiger charge is -2.21. The number of carboxylic acids is 1. The van der Waals surface area contributed by atoms with Crippen molar-refractivity contribution in [2.45, 2.75) is 18.1 Å². The molecule has 0 aromatic heterocycles. The van der Waals surface area contributed by atoms with E-state index in [1.807, 2.05) is 48.5 Å². The summed E-state index contributed by atoms with van der Waals surface area (Å²) in [6.45, 7) is -0.221. The molecule has 4 rings (SSSR count). The molecule has 8 heteroatoms. The van der Waals surface area contributed by atoms with Crippen LogP contribution < -0.4 is 11.1 Å². The number of carboxylic acid groups (broad SMARTS) is 1. The zero-order valence-corrected chi connectivity index (χ0v) is 17.6. The molecule has 33 heavy (non-hydrogen) atoms. The fourth-order valence-corrected chi connectivity index (χ4v) is 4.17. The largest absolute Gasteiger partial charge is 0.478 e. The van der Waals surface area contributed by atoms with E-state index in [4.69, 9.17) is 10.5 Å². The van der Waals surface area contributed by atoms with E-state index in [1.165, 1.54) is 18.2 Å². The van der Waals surface area contributed by atoms with Crippen LogP contribution >= 0.6 is 0 Å². The molecule has 0 aliphatic heterocycles. The van der Waals surface area contributed by atoms with Crippen LogP contribution in [0.25, 0.3) is 11.1 Å². The molecule has 0 radical (unpaired) electrons. The van der Waals surface area contributed by atoms with Crippen LogP contribution in [0.3, 0.4) is 0 Å². The number of alkyl carbamates (subject to hydrolysis) is 1. The highest BCUT2D eigenvalue weighted by Crippen LogP contribution is 2.44. The van der Waals surface area contributed by atoms with Gasteiger partial charge in [-0.05, 0) is 39.9 Å². The number of nitrogen functional groups attached to an aromatic ring is 1. The minimum Gasteiger partial charge on any atom is -0.478 e. The fraction of sp³-hybridized carbons (Fsp3) is 0.200. The summed E-state index contributed by atoms with van der Waals surface area (Å²) in [6, 6.07) is 19.9. The fourth-order valence-electron chi connectivity index (χ4n) is 4.17. The molecule has 0 spiro atoms. The zero-order chi connectivity index (χ0) is 23.5. The minimum atomic E-state index is -1.54. The van der Waals surface area contributed by atoms with Gasteiger partial charge in [0.15, 0.2) is 0 Å². The lowest BCUT2D eigenvalue weighted by atomic mass is 9.98. The standard InChI is InChI=1S/C25H24N2O6/c26-14-9-10-19(20(11-14)24(30)31)23(29)22(28)12-27-25(32)33-13-21-17-7-3-1-5-15(17)16-6-2-4-8-18(16)21/h1-11,21-23,28-29H,12-13,26H2,(H,27,32)(H,30,31). The van der Waals surface area contributed by atoms with Crippen LogP contribution in [0.15, 0.2) is 66.7 Å². The maximum absolute atomic E-state index is 12.3. The van der Waals surface area contributed by atoms with Gasteiger partial charge in [-0.3, -0.25) is 0 Å². The van der Waals surface area contributed by atoms with Gasteiger partial charge in [-0.1, -0.05) is 54.6 Å². The number of aliphatic hydroxyl groups excluding tert-OH is 2. The number of rotatable bonds is 7. The maximum atomic E-state index is 12.3. The third kappa shape index (κ3) is 4.52. The first kappa shape index (κ1) is 22.3. The van der Waals surface area contributed by atoms with Gasteiger partial charge in [0.1, 0.15) is 18.8 Å². The molecule has 0 saturated carbocycles. The van der Waals surface area contributed by atoms with Crippen molar-refractivity contribution in [1.82, 2.24) is 5.32 Å². The van der Waals surface area contributed by atoms with Crippen LogP contribution in [0.1, 0.15) is 39.1 Å². The molecule has 2 unspecified atom stereocenters. The number of benzene rings is 3. The lowest BCUT2D eigenvalue weighted by Crippen LogP contribution is -2.36. The van der Waals surface area contributed by atoms with Crippen LogP contribution in [0.5, 0.6) is 0 Å². The van der Waals surface area contributed by atoms with E-state index >= 15 is 0 Å². The van der Waals surface area contributed by atoms with Gasteiger partial charge >= 0.3 is 12.1 Å². The van der Waals surface area contributed by atoms with Crippen LogP contribution in [0.4, 0.5) is 10.5 Å². The number of aliphatic hydroxyl groups is 2. The Labute approximate surface area is 190 Å². The van der Waals surface area contributed by atoms with Crippen molar-refractivity contribution in [3.8, 4) is 11.1 Å². The smallest absolute Gasteiger partial charge is 0.407 e. The molecule has 0 fully saturated rings. The van der Waals surface area contributed by atoms with E-state index in [9.17, 15) is 24.9 Å². The van der Waals surface area contributed by atoms with Gasteiger partial charge < -0.3 is 31.1 Å². The second kappa shape index (κ2) is 9.32. The summed E-state index contributed by atoms with van der Waals surface area (Å²) in [6.07, 6.45) is -3.74. The molecule has 6 N–H and O–H groups in total. The first-order chi connectivity index (χ1) is 15.9. The Bertz CT molecular complexity index is 1150. The van der Waals surface area contributed by atoms with Crippen molar-refractivity contribution in [2.24, 2.45) is 0 Å². The third-order valence-corrected chi connectivity index (χ3v) is 5.79. The molecule has 3 aromatic rings. The summed E-state index contributed by atoms with van der Waals surface area (Å²) < 4.78 is 5.40. The average Bonchev–Trinajstić information content (AvgIpc) is 3.14. The van der Waals surface area contributed by atoms with E-state index in [-0.39, 0.29) is 35.9 Å². The molecule has 170 valence electrons. The number of hydrogen-bond donors (Lipinski definition) is 5. The van der Waals surface area contributed by atoms with Gasteiger partial charge in [0, 0.05) is 18.2 Å². The van der Waals surface area contributed by atoms with Crippen molar-refractivity contribution in [2.75, 3.05) is 18.9 Å². The van der Waals surface area contributed by atoms with Gasteiger partial charge in [0.25, 0.3) is 0 Å². The summed E-state index contributed by atoms with van der Waals surface area (Å²) >= 11 is 0. The van der Waals surface area contributed by atoms with Crippen LogP contribution in [0.2, 0.25) is 0 Å². The van der Waals surface area contributed by atoms with Crippen LogP contribution in [0, 0.1) is 0 Å². The van der Waals surface area contributed by atoms with Crippen molar-refractivity contribution < 1.29 is 29.6 Å². The summed E-state index contributed by atoms with van der Waals surface area (Å²) in [4.78, 5) is 23.7. The highest BCUT2D eigenvalue weighted by molar-refractivity contribution is 5.90. The molecule has 0 saturated heterocycles. The monoisotopic (exact) mass is 448 g/mol. The van der Waals surface area contributed by atoms with E-state index in [0.29, 0.717) is 0 Å². The van der Waals surface area contributed by atoms with Crippen molar-refractivity contribution in [1.29, 1.82) is 0 Å². The Morgan fingerprint density at radius 3 is 2.18 bits per heavy atom. The number of fused-ring (bicyclic) bond motifs is 3. The molecule has 0 heterocycles. The average molecular weight is 448 g/mol. The number of ether oxygens (including phenoxy) is 1. The van der Waals surface area contributed by atoms with Gasteiger partial charge in [0.2, 0.25) is 0 Å². The van der Waals surface area contributed by atoms with Crippen molar-refractivity contribution in [3.63, 3.8) is 0 Å². The highest BCUT2D eigenvalue weighted by atomic mass is 16.5. The molecule has 2 atom stereocenters. The van der Waals surface area contributed by atoms with Gasteiger partial charge in [0.05, 0.1) is 5.56 Å². The second-order valence-electron chi connectivity index (χ2n) is 7.87. The molecule has 1 aliphatic rings. The Kier molecular flexibility index (Phi) is 6.30. The Morgan fingerprint density at radius 1 is 0.970 bits per heavy atom. The van der Waals surface area contributed by atoms with Crippen LogP contribution in [-0.2, 0) is 4.74 Å². The van der Waals surface area contributed by atoms with Crippen molar-refractivity contribution >= 4 is 17.7 Å². The molecule has 0 bridgehead atoms. The Morgan fingerprint density at radius 2 is 1.58 bits per heavy atom. The minimum absolute atomic E-state index is 0.00135. The van der Waals surface area contributed by atoms with E-state index in [1.54, 1.807) is 0 Å². The number of hydrogen-bond acceptors (Lipinski definition) is 6. The van der Waals surface area contributed by atoms with E-state index < -0.39 is 24.3 Å². The number of carbonyl (C=O) groups excluding carboxylic acids is 1. The summed E-state index contributed by atoms with van der Waals surface area (Å²) in [5, 5.41) is 32.4. The molecular weight excluding hydrogens is 424 g/mol. The Hall–Kier alpha value is -3.88. The molecule has 8 nitrogen and oxygen atoms in total. The third-order valence-electron chi connectivity index (χ3n) is 5.79. The highest BCUT2D eigenvalue weighted by Gasteiger charge is 2.29. The predicted molar refractivity (Wildman–Crippen MR) is 122 cm³/mol. The molecular formula is C25H24N2O6. The summed E-state index contributed by atoms with van der Waals surface area (Å²) in [5.41, 5.74) is 9.97. The van der Waals surface area contributed by atoms with Gasteiger partial charge in [-0.2, -0.15) is 0 Å². The second-order valence-corrected chi connectivity index (χ2v) is 7.87. The number of anilines is 1. The normalized spacial score (nSPS) is 14.1. The molecule has 1 amide bonds. The number of aromatic carboxylic acids is 1. The van der Waals surface area contributed by atoms with Crippen LogP contribution in [-0.4, -0.2) is 46.6 Å². The van der Waals surface area contributed by atoms with Crippen molar-refractivity contribution in [3.05, 3.63) is 89.0 Å². The van der Waals surface area contributed by atoms with E-state index in [0.717, 1.165) is 22.3 Å². The number of carbonyl (C=O) groups is 2. The predicted octanol–water partition coefficient (Wildman–Crippen LogP) is 2.90. The maximum Gasteiger partial charge on any atom is 0.407 e. The SMILES string of the molecule is Nc1ccc(C(O)C(O)CNC(=O)OCC2c3ccccc3-c3ccccc32)c(C(=O)O)c1. The first-order valence-electron chi connectivity index (χ1n) is 10.4. The first-order valence-corrected chi connectivity index (χ1v) is 10.4. The summed E-state index contributed by atoms with van der Waals surface area (Å²) in [7, 11) is 0. The Balaban J connectivity index is 1.36. The van der Waals surface area contributed by atoms with Gasteiger partial charge in [-0.15, -0.1) is 0 Å². The van der Waals surface area contributed by atoms with Gasteiger partial charge in [-0.25, -0.2) is 9.59 Å². The number of nitrogens with two attached hydrogens (primary N) is 1. The van der Waals surface area contributed by atoms with E-state index in [2.05, 4.69) is 5.32 Å². The summed E-state index contributed by atoms with van der Waals surface area (Å²) in [5.74, 6) is -1.39. The lowest BCUT2D eigenvalue weighted by molar-refractivity contribution is 0.0175. The zero-order valence-electron chi connectivity index (χ0n) is 17.6. The quantitative estimate of drug-likeness (QED) is 0.350.